The van der Waals surface area contributed by atoms with E-state index in [-0.39, 0.29) is 31.0 Å². The Bertz CT molecular complexity index is 1020. The van der Waals surface area contributed by atoms with Gasteiger partial charge in [-0.1, -0.05) is 30.3 Å². The maximum absolute atomic E-state index is 13.0. The lowest BCUT2D eigenvalue weighted by Gasteiger charge is -2.23. The summed E-state index contributed by atoms with van der Waals surface area (Å²) in [5.41, 5.74) is 1.07. The molecule has 0 fully saturated rings. The first-order valence-corrected chi connectivity index (χ1v) is 9.60. The van der Waals surface area contributed by atoms with Crippen LogP contribution < -0.4 is 10.9 Å². The number of carbonyl (C=O) groups is 1. The molecule has 0 saturated heterocycles. The number of amides is 1. The summed E-state index contributed by atoms with van der Waals surface area (Å²) in [5.74, 6) is -0.217. The molecular formula is C20H23N3O3S. The standard InChI is InChI=1S/C20H23N3O3S/c1-13-16(14-7-5-4-6-8-14)17-18(27-13)21-12-23(19(17)26)10-9-15(25)22-20(2,3)11-24/h4-8,12,24H,9-11H2,1-3H3,(H,22,25). The Kier molecular flexibility index (Phi) is 5.43. The fraction of sp³-hybridized carbons (Fsp3) is 0.350. The number of nitrogens with one attached hydrogen (secondary N) is 1. The maximum atomic E-state index is 13.0. The van der Waals surface area contributed by atoms with Gasteiger partial charge in [-0.05, 0) is 26.3 Å². The second kappa shape index (κ2) is 7.62. The summed E-state index contributed by atoms with van der Waals surface area (Å²) in [6.45, 7) is 5.55. The molecule has 0 bridgehead atoms. The van der Waals surface area contributed by atoms with Crippen LogP contribution in [0.25, 0.3) is 21.3 Å². The molecule has 3 aromatic rings. The molecule has 3 rings (SSSR count). The number of aryl methyl sites for hydroxylation is 2. The van der Waals surface area contributed by atoms with E-state index in [0.29, 0.717) is 10.2 Å². The van der Waals surface area contributed by atoms with Gasteiger partial charge in [0.05, 0.1) is 23.9 Å². The molecule has 0 aliphatic heterocycles. The SMILES string of the molecule is Cc1sc2ncn(CCC(=O)NC(C)(C)CO)c(=O)c2c1-c1ccccc1. The number of aliphatic hydroxyl groups is 1. The Hall–Kier alpha value is -2.51. The third-order valence-electron chi connectivity index (χ3n) is 4.37. The van der Waals surface area contributed by atoms with Gasteiger partial charge >= 0.3 is 0 Å². The van der Waals surface area contributed by atoms with E-state index in [9.17, 15) is 14.7 Å². The molecule has 0 saturated carbocycles. The van der Waals surface area contributed by atoms with Gasteiger partial charge in [-0.15, -0.1) is 11.3 Å². The van der Waals surface area contributed by atoms with Crippen LogP contribution in [0.1, 0.15) is 25.1 Å². The Morgan fingerprint density at radius 3 is 2.67 bits per heavy atom. The molecule has 7 heteroatoms. The molecule has 0 aliphatic rings. The van der Waals surface area contributed by atoms with Gasteiger partial charge in [0.1, 0.15) is 4.83 Å². The minimum atomic E-state index is -0.685. The molecule has 0 aliphatic carbocycles. The first-order valence-electron chi connectivity index (χ1n) is 8.78. The molecule has 1 aromatic carbocycles. The molecule has 0 spiro atoms. The summed E-state index contributed by atoms with van der Waals surface area (Å²) in [6.07, 6.45) is 1.64. The van der Waals surface area contributed by atoms with Crippen LogP contribution in [0.4, 0.5) is 0 Å². The molecule has 2 aromatic heterocycles. The van der Waals surface area contributed by atoms with Crippen molar-refractivity contribution < 1.29 is 9.90 Å². The molecule has 2 N–H and O–H groups in total. The number of hydrogen-bond acceptors (Lipinski definition) is 5. The number of fused-ring (bicyclic) bond motifs is 1. The number of carbonyl (C=O) groups excluding carboxylic acids is 1. The predicted octanol–water partition coefficient (Wildman–Crippen LogP) is 2.71. The Balaban J connectivity index is 1.92. The number of hydrogen-bond donors (Lipinski definition) is 2. The van der Waals surface area contributed by atoms with Crippen LogP contribution in [0.3, 0.4) is 0 Å². The lowest BCUT2D eigenvalue weighted by atomic mass is 10.0. The van der Waals surface area contributed by atoms with Gasteiger partial charge in [0, 0.05) is 23.4 Å². The van der Waals surface area contributed by atoms with E-state index in [0.717, 1.165) is 16.0 Å². The van der Waals surface area contributed by atoms with Gasteiger partial charge in [0.15, 0.2) is 0 Å². The Morgan fingerprint density at radius 2 is 2.00 bits per heavy atom. The highest BCUT2D eigenvalue weighted by Crippen LogP contribution is 2.35. The van der Waals surface area contributed by atoms with Crippen molar-refractivity contribution in [1.82, 2.24) is 14.9 Å². The van der Waals surface area contributed by atoms with Gasteiger partial charge < -0.3 is 10.4 Å². The van der Waals surface area contributed by atoms with Crippen molar-refractivity contribution >= 4 is 27.5 Å². The zero-order valence-electron chi connectivity index (χ0n) is 15.7. The monoisotopic (exact) mass is 385 g/mol. The lowest BCUT2D eigenvalue weighted by molar-refractivity contribution is -0.123. The van der Waals surface area contributed by atoms with E-state index < -0.39 is 5.54 Å². The van der Waals surface area contributed by atoms with E-state index in [1.54, 1.807) is 13.8 Å². The van der Waals surface area contributed by atoms with Gasteiger partial charge in [-0.3, -0.25) is 14.2 Å². The molecule has 1 amide bonds. The van der Waals surface area contributed by atoms with E-state index in [1.165, 1.54) is 22.2 Å². The molecule has 0 atom stereocenters. The van der Waals surface area contributed by atoms with Crippen LogP contribution in [0.15, 0.2) is 41.5 Å². The summed E-state index contributed by atoms with van der Waals surface area (Å²) in [7, 11) is 0. The molecule has 2 heterocycles. The third kappa shape index (κ3) is 4.09. The van der Waals surface area contributed by atoms with Crippen molar-refractivity contribution in [2.24, 2.45) is 0 Å². The smallest absolute Gasteiger partial charge is 0.262 e. The number of benzene rings is 1. The summed E-state index contributed by atoms with van der Waals surface area (Å²) in [5, 5.41) is 12.6. The lowest BCUT2D eigenvalue weighted by Crippen LogP contribution is -2.46. The number of thiophene rings is 1. The molecule has 142 valence electrons. The third-order valence-corrected chi connectivity index (χ3v) is 5.38. The zero-order chi connectivity index (χ0) is 19.6. The second-order valence-electron chi connectivity index (χ2n) is 7.16. The van der Waals surface area contributed by atoms with E-state index >= 15 is 0 Å². The van der Waals surface area contributed by atoms with E-state index in [1.807, 2.05) is 37.3 Å². The molecule has 27 heavy (non-hydrogen) atoms. The van der Waals surface area contributed by atoms with Crippen molar-refractivity contribution in [3.05, 3.63) is 51.9 Å². The van der Waals surface area contributed by atoms with Crippen LogP contribution in [-0.4, -0.2) is 32.7 Å². The highest BCUT2D eigenvalue weighted by molar-refractivity contribution is 7.19. The van der Waals surface area contributed by atoms with Crippen molar-refractivity contribution in [1.29, 1.82) is 0 Å². The maximum Gasteiger partial charge on any atom is 0.262 e. The van der Waals surface area contributed by atoms with Crippen LogP contribution in [0.5, 0.6) is 0 Å². The van der Waals surface area contributed by atoms with Crippen LogP contribution in [0.2, 0.25) is 0 Å². The number of nitrogens with zero attached hydrogens (tertiary/aromatic N) is 2. The van der Waals surface area contributed by atoms with Crippen LogP contribution in [0, 0.1) is 6.92 Å². The minimum absolute atomic E-state index is 0.139. The molecular weight excluding hydrogens is 362 g/mol. The van der Waals surface area contributed by atoms with Crippen molar-refractivity contribution in [3.8, 4) is 11.1 Å². The first-order chi connectivity index (χ1) is 12.8. The van der Waals surface area contributed by atoms with Crippen molar-refractivity contribution in [2.45, 2.75) is 39.3 Å². The van der Waals surface area contributed by atoms with Gasteiger partial charge in [-0.2, -0.15) is 0 Å². The largest absolute Gasteiger partial charge is 0.394 e. The average molecular weight is 385 g/mol. The van der Waals surface area contributed by atoms with Gasteiger partial charge in [0.2, 0.25) is 5.91 Å². The minimum Gasteiger partial charge on any atom is -0.394 e. The second-order valence-corrected chi connectivity index (χ2v) is 8.37. The predicted molar refractivity (Wildman–Crippen MR) is 108 cm³/mol. The van der Waals surface area contributed by atoms with Gasteiger partial charge in [0.25, 0.3) is 5.56 Å². The number of rotatable bonds is 6. The van der Waals surface area contributed by atoms with Gasteiger partial charge in [-0.25, -0.2) is 4.98 Å². The summed E-state index contributed by atoms with van der Waals surface area (Å²) < 4.78 is 1.48. The summed E-state index contributed by atoms with van der Waals surface area (Å²) in [6, 6.07) is 9.79. The molecule has 0 unspecified atom stereocenters. The summed E-state index contributed by atoms with van der Waals surface area (Å²) in [4.78, 5) is 31.3. The average Bonchev–Trinajstić information content (AvgIpc) is 2.98. The highest BCUT2D eigenvalue weighted by Gasteiger charge is 2.20. The topological polar surface area (TPSA) is 84.2 Å². The highest BCUT2D eigenvalue weighted by atomic mass is 32.1. The van der Waals surface area contributed by atoms with E-state index in [2.05, 4.69) is 10.3 Å². The van der Waals surface area contributed by atoms with E-state index in [4.69, 9.17) is 0 Å². The Morgan fingerprint density at radius 1 is 1.30 bits per heavy atom. The molecule has 6 nitrogen and oxygen atoms in total. The summed E-state index contributed by atoms with van der Waals surface area (Å²) >= 11 is 1.50. The number of aromatic nitrogens is 2. The molecule has 0 radical (unpaired) electrons. The normalized spacial score (nSPS) is 11.7. The van der Waals surface area contributed by atoms with Crippen LogP contribution in [-0.2, 0) is 11.3 Å². The fourth-order valence-corrected chi connectivity index (χ4v) is 3.95. The number of aliphatic hydroxyl groups excluding tert-OH is 1. The van der Waals surface area contributed by atoms with Crippen LogP contribution >= 0.6 is 11.3 Å². The Labute approximate surface area is 161 Å². The fourth-order valence-electron chi connectivity index (χ4n) is 2.95. The van der Waals surface area contributed by atoms with Crippen molar-refractivity contribution in [3.63, 3.8) is 0 Å². The zero-order valence-corrected chi connectivity index (χ0v) is 16.5. The quantitative estimate of drug-likeness (QED) is 0.683. The van der Waals surface area contributed by atoms with Crippen molar-refractivity contribution in [2.75, 3.05) is 6.61 Å². The first kappa shape index (κ1) is 19.3.